The fourth-order valence-corrected chi connectivity index (χ4v) is 3.57. The van der Waals surface area contributed by atoms with E-state index in [1.54, 1.807) is 25.7 Å². The molecule has 1 amide bonds. The number of amides is 1. The number of benzene rings is 1. The Morgan fingerprint density at radius 1 is 1.18 bits per heavy atom. The zero-order valence-corrected chi connectivity index (χ0v) is 16.9. The van der Waals surface area contributed by atoms with Crippen molar-refractivity contribution in [2.45, 2.75) is 62.7 Å². The number of carbonyl (C=O) groups is 1. The summed E-state index contributed by atoms with van der Waals surface area (Å²) in [7, 11) is -3.93. The van der Waals surface area contributed by atoms with E-state index >= 15 is 0 Å². The molecule has 1 saturated carbocycles. The molecule has 1 N–H and O–H groups in total. The van der Waals surface area contributed by atoms with Gasteiger partial charge in [-0.25, -0.2) is 17.9 Å². The maximum absolute atomic E-state index is 12.6. The number of nitrogens with one attached hydrogen (secondary N) is 1. The monoisotopic (exact) mass is 422 g/mol. The molecule has 0 spiro atoms. The SMILES string of the molecule is CC(C)(C)OC(=O)N(CCCNS(=O)(=O)c1ccc(C(F)(F)F)cc1)C1CC1. The molecule has 0 atom stereocenters. The molecule has 0 saturated heterocycles. The Kier molecular flexibility index (Phi) is 6.65. The third-order valence-corrected chi connectivity index (χ3v) is 5.45. The van der Waals surface area contributed by atoms with Gasteiger partial charge >= 0.3 is 12.3 Å². The van der Waals surface area contributed by atoms with Gasteiger partial charge in [-0.3, -0.25) is 0 Å². The van der Waals surface area contributed by atoms with Gasteiger partial charge in [-0.05, 0) is 64.3 Å². The third-order valence-electron chi connectivity index (χ3n) is 3.98. The van der Waals surface area contributed by atoms with Crippen molar-refractivity contribution in [3.05, 3.63) is 29.8 Å². The molecule has 0 radical (unpaired) electrons. The lowest BCUT2D eigenvalue weighted by molar-refractivity contribution is -0.137. The average Bonchev–Trinajstić information content (AvgIpc) is 3.37. The van der Waals surface area contributed by atoms with Gasteiger partial charge in [0.15, 0.2) is 0 Å². The van der Waals surface area contributed by atoms with Gasteiger partial charge in [0.1, 0.15) is 5.60 Å². The van der Waals surface area contributed by atoms with Crippen molar-refractivity contribution < 1.29 is 31.1 Å². The summed E-state index contributed by atoms with van der Waals surface area (Å²) >= 11 is 0. The number of halogens is 3. The maximum atomic E-state index is 12.6. The summed E-state index contributed by atoms with van der Waals surface area (Å²) in [5.74, 6) is 0. The molecule has 1 aliphatic rings. The van der Waals surface area contributed by atoms with Crippen LogP contribution in [-0.4, -0.2) is 44.1 Å². The van der Waals surface area contributed by atoms with E-state index < -0.39 is 33.5 Å². The number of ether oxygens (including phenoxy) is 1. The van der Waals surface area contributed by atoms with Gasteiger partial charge < -0.3 is 9.64 Å². The first-order chi connectivity index (χ1) is 12.8. The number of sulfonamides is 1. The minimum atomic E-state index is -4.52. The molecular weight excluding hydrogens is 397 g/mol. The number of hydrogen-bond donors (Lipinski definition) is 1. The lowest BCUT2D eigenvalue weighted by atomic mass is 10.2. The number of nitrogens with zero attached hydrogens (tertiary/aromatic N) is 1. The minimum Gasteiger partial charge on any atom is -0.444 e. The molecule has 0 bridgehead atoms. The molecule has 1 fully saturated rings. The highest BCUT2D eigenvalue weighted by Gasteiger charge is 2.35. The third kappa shape index (κ3) is 6.66. The molecule has 28 heavy (non-hydrogen) atoms. The van der Waals surface area contributed by atoms with Crippen LogP contribution in [0.4, 0.5) is 18.0 Å². The summed E-state index contributed by atoms with van der Waals surface area (Å²) < 4.78 is 69.8. The summed E-state index contributed by atoms with van der Waals surface area (Å²) in [5, 5.41) is 0. The molecule has 2 rings (SSSR count). The van der Waals surface area contributed by atoms with Crippen LogP contribution in [0.1, 0.15) is 45.6 Å². The zero-order valence-electron chi connectivity index (χ0n) is 16.0. The first kappa shape index (κ1) is 22.5. The van der Waals surface area contributed by atoms with Crippen molar-refractivity contribution in [1.82, 2.24) is 9.62 Å². The molecule has 0 heterocycles. The topological polar surface area (TPSA) is 75.7 Å². The number of rotatable bonds is 7. The Hall–Kier alpha value is -1.81. The smallest absolute Gasteiger partial charge is 0.416 e. The van der Waals surface area contributed by atoms with Crippen LogP contribution in [0.3, 0.4) is 0 Å². The van der Waals surface area contributed by atoms with E-state index in [-0.39, 0.29) is 17.5 Å². The van der Waals surface area contributed by atoms with Gasteiger partial charge in [-0.15, -0.1) is 0 Å². The number of alkyl halides is 3. The van der Waals surface area contributed by atoms with Crippen LogP contribution >= 0.6 is 0 Å². The molecule has 0 aliphatic heterocycles. The van der Waals surface area contributed by atoms with E-state index in [1.165, 1.54) is 0 Å². The first-order valence-corrected chi connectivity index (χ1v) is 10.4. The fourth-order valence-electron chi connectivity index (χ4n) is 2.49. The highest BCUT2D eigenvalue weighted by Crippen LogP contribution is 2.30. The van der Waals surface area contributed by atoms with E-state index in [0.717, 1.165) is 37.1 Å². The molecule has 1 aromatic carbocycles. The van der Waals surface area contributed by atoms with E-state index in [4.69, 9.17) is 4.74 Å². The van der Waals surface area contributed by atoms with Crippen LogP contribution in [0.5, 0.6) is 0 Å². The molecule has 0 aromatic heterocycles. The lowest BCUT2D eigenvalue weighted by Crippen LogP contribution is -2.39. The lowest BCUT2D eigenvalue weighted by Gasteiger charge is -2.27. The van der Waals surface area contributed by atoms with Crippen LogP contribution in [0.2, 0.25) is 0 Å². The second-order valence-electron chi connectivity index (χ2n) is 7.68. The maximum Gasteiger partial charge on any atom is 0.416 e. The van der Waals surface area contributed by atoms with Gasteiger partial charge in [0.05, 0.1) is 10.5 Å². The van der Waals surface area contributed by atoms with Crippen LogP contribution in [0.25, 0.3) is 0 Å². The number of hydrogen-bond acceptors (Lipinski definition) is 4. The number of carbonyl (C=O) groups excluding carboxylic acids is 1. The quantitative estimate of drug-likeness (QED) is 0.679. The molecule has 0 unspecified atom stereocenters. The summed E-state index contributed by atoms with van der Waals surface area (Å²) in [6.07, 6.45) is -2.83. The molecule has 158 valence electrons. The van der Waals surface area contributed by atoms with E-state index in [1.807, 2.05) is 0 Å². The highest BCUT2D eigenvalue weighted by atomic mass is 32.2. The van der Waals surface area contributed by atoms with Crippen LogP contribution in [0, 0.1) is 0 Å². The van der Waals surface area contributed by atoms with Crippen LogP contribution in [-0.2, 0) is 20.9 Å². The Morgan fingerprint density at radius 3 is 2.21 bits per heavy atom. The molecule has 6 nitrogen and oxygen atoms in total. The van der Waals surface area contributed by atoms with Crippen LogP contribution < -0.4 is 4.72 Å². The summed E-state index contributed by atoms with van der Waals surface area (Å²) in [6.45, 7) is 5.70. The van der Waals surface area contributed by atoms with Gasteiger partial charge in [-0.1, -0.05) is 0 Å². The fraction of sp³-hybridized carbons (Fsp3) is 0.611. The second kappa shape index (κ2) is 8.28. The summed E-state index contributed by atoms with van der Waals surface area (Å²) in [6, 6.07) is 3.41. The van der Waals surface area contributed by atoms with E-state index in [0.29, 0.717) is 13.0 Å². The minimum absolute atomic E-state index is 0.0510. The Labute approximate surface area is 163 Å². The van der Waals surface area contributed by atoms with Crippen molar-refractivity contribution in [1.29, 1.82) is 0 Å². The second-order valence-corrected chi connectivity index (χ2v) is 9.45. The highest BCUT2D eigenvalue weighted by molar-refractivity contribution is 7.89. The summed E-state index contributed by atoms with van der Waals surface area (Å²) in [4.78, 5) is 13.6. The van der Waals surface area contributed by atoms with Crippen LogP contribution in [0.15, 0.2) is 29.2 Å². The largest absolute Gasteiger partial charge is 0.444 e. The predicted octanol–water partition coefficient (Wildman–Crippen LogP) is 3.77. The van der Waals surface area contributed by atoms with Gasteiger partial charge in [0, 0.05) is 19.1 Å². The van der Waals surface area contributed by atoms with Crippen molar-refractivity contribution in [2.75, 3.05) is 13.1 Å². The van der Waals surface area contributed by atoms with Gasteiger partial charge in [0.2, 0.25) is 10.0 Å². The van der Waals surface area contributed by atoms with E-state index in [9.17, 15) is 26.4 Å². The molecular formula is C18H25F3N2O4S. The summed E-state index contributed by atoms with van der Waals surface area (Å²) in [5.41, 5.74) is -1.53. The van der Waals surface area contributed by atoms with Crippen molar-refractivity contribution in [3.8, 4) is 0 Å². The predicted molar refractivity (Wildman–Crippen MR) is 97.2 cm³/mol. The molecule has 1 aromatic rings. The average molecular weight is 422 g/mol. The Bertz CT molecular complexity index is 783. The molecule has 10 heteroatoms. The van der Waals surface area contributed by atoms with Crippen molar-refractivity contribution in [3.63, 3.8) is 0 Å². The zero-order chi connectivity index (χ0) is 21.2. The van der Waals surface area contributed by atoms with Gasteiger partial charge in [0.25, 0.3) is 0 Å². The standard InChI is InChI=1S/C18H25F3N2O4S/c1-17(2,3)27-16(24)23(14-7-8-14)12-4-11-22-28(25,26)15-9-5-13(6-10-15)18(19,20)21/h5-6,9-10,14,22H,4,7-8,11-12H2,1-3H3. The van der Waals surface area contributed by atoms with Crippen molar-refractivity contribution in [2.24, 2.45) is 0 Å². The first-order valence-electron chi connectivity index (χ1n) is 8.96. The Balaban J connectivity index is 1.88. The molecule has 1 aliphatic carbocycles. The van der Waals surface area contributed by atoms with Gasteiger partial charge in [-0.2, -0.15) is 13.2 Å². The van der Waals surface area contributed by atoms with E-state index in [2.05, 4.69) is 4.72 Å². The van der Waals surface area contributed by atoms with Crippen molar-refractivity contribution >= 4 is 16.1 Å². The Morgan fingerprint density at radius 2 is 1.75 bits per heavy atom. The normalized spacial score (nSPS) is 15.4.